The van der Waals surface area contributed by atoms with Crippen molar-refractivity contribution in [1.82, 2.24) is 5.06 Å². The predicted octanol–water partition coefficient (Wildman–Crippen LogP) is 4.76. The van der Waals surface area contributed by atoms with Crippen LogP contribution in [0.15, 0.2) is 48.6 Å². The van der Waals surface area contributed by atoms with Gasteiger partial charge in [-0.1, -0.05) is 48.6 Å². The van der Waals surface area contributed by atoms with Crippen molar-refractivity contribution in [2.75, 3.05) is 0 Å². The van der Waals surface area contributed by atoms with Crippen molar-refractivity contribution in [2.45, 2.75) is 58.0 Å². The van der Waals surface area contributed by atoms with E-state index in [-0.39, 0.29) is 17.0 Å². The van der Waals surface area contributed by atoms with Crippen LogP contribution in [0.4, 0.5) is 0 Å². The first-order chi connectivity index (χ1) is 10.8. The van der Waals surface area contributed by atoms with Gasteiger partial charge < -0.3 is 4.84 Å². The minimum Gasteiger partial charge on any atom is -0.363 e. The molecule has 23 heavy (non-hydrogen) atoms. The fraction of sp³-hybridized carbons (Fsp3) is 0.450. The molecule has 0 radical (unpaired) electrons. The molecular formula is C20H27NO2. The van der Waals surface area contributed by atoms with E-state index in [1.807, 2.05) is 47.5 Å². The summed E-state index contributed by atoms with van der Waals surface area (Å²) in [7, 11) is 0. The van der Waals surface area contributed by atoms with Crippen LogP contribution in [0.2, 0.25) is 0 Å². The Labute approximate surface area is 139 Å². The molecule has 1 aliphatic heterocycles. The zero-order chi connectivity index (χ0) is 16.9. The van der Waals surface area contributed by atoms with E-state index in [0.29, 0.717) is 0 Å². The summed E-state index contributed by atoms with van der Waals surface area (Å²) in [6, 6.07) is 9.98. The Hall–Kier alpha value is -1.87. The fourth-order valence-electron chi connectivity index (χ4n) is 3.21. The number of benzene rings is 1. The van der Waals surface area contributed by atoms with Gasteiger partial charge >= 0.3 is 5.97 Å². The summed E-state index contributed by atoms with van der Waals surface area (Å²) in [5.41, 5.74) is 0.833. The molecule has 0 unspecified atom stereocenters. The van der Waals surface area contributed by atoms with Gasteiger partial charge in [-0.15, -0.1) is 5.06 Å². The molecule has 0 amide bonds. The molecular weight excluding hydrogens is 286 g/mol. The minimum atomic E-state index is -0.328. The van der Waals surface area contributed by atoms with Crippen molar-refractivity contribution in [1.29, 1.82) is 0 Å². The lowest BCUT2D eigenvalue weighted by atomic mass is 9.82. The van der Waals surface area contributed by atoms with Gasteiger partial charge in [-0.25, -0.2) is 4.79 Å². The molecule has 0 bridgehead atoms. The summed E-state index contributed by atoms with van der Waals surface area (Å²) in [5.74, 6) is -0.328. The highest BCUT2D eigenvalue weighted by Crippen LogP contribution is 2.38. The van der Waals surface area contributed by atoms with Gasteiger partial charge in [0.15, 0.2) is 0 Å². The van der Waals surface area contributed by atoms with Crippen LogP contribution >= 0.6 is 0 Å². The van der Waals surface area contributed by atoms with Crippen LogP contribution in [0.3, 0.4) is 0 Å². The highest BCUT2D eigenvalue weighted by Gasteiger charge is 2.44. The molecule has 0 aliphatic carbocycles. The lowest BCUT2D eigenvalue weighted by Crippen LogP contribution is -2.58. The van der Waals surface area contributed by atoms with Crippen molar-refractivity contribution in [3.8, 4) is 0 Å². The van der Waals surface area contributed by atoms with E-state index in [1.54, 1.807) is 6.08 Å². The third-order valence-electron chi connectivity index (χ3n) is 4.29. The first-order valence-corrected chi connectivity index (χ1v) is 8.23. The number of nitrogens with zero attached hydrogens (tertiary/aromatic N) is 1. The van der Waals surface area contributed by atoms with Gasteiger partial charge in [-0.05, 0) is 52.5 Å². The maximum atomic E-state index is 12.1. The molecule has 0 N–H and O–H groups in total. The molecule has 1 aromatic rings. The van der Waals surface area contributed by atoms with Gasteiger partial charge in [-0.3, -0.25) is 0 Å². The minimum absolute atomic E-state index is 0.134. The smallest absolute Gasteiger partial charge is 0.349 e. The highest BCUT2D eigenvalue weighted by atomic mass is 16.7. The molecule has 0 spiro atoms. The molecule has 2 rings (SSSR count). The Morgan fingerprint density at radius 3 is 2.26 bits per heavy atom. The summed E-state index contributed by atoms with van der Waals surface area (Å²) in [6.45, 7) is 8.50. The third-order valence-corrected chi connectivity index (χ3v) is 4.29. The molecule has 1 heterocycles. The molecule has 124 valence electrons. The maximum absolute atomic E-state index is 12.1. The van der Waals surface area contributed by atoms with Gasteiger partial charge in [0.05, 0.1) is 11.1 Å². The maximum Gasteiger partial charge on any atom is 0.349 e. The number of hydrogen-bond donors (Lipinski definition) is 0. The standard InChI is InChI=1S/C20H27NO2/c1-19(2)15-10-16-20(3,4)21(19)23-18(22)14-9-8-13-17-11-6-5-7-12-17/h5-9,11-14H,10,15-16H2,1-4H3/b13-8+,14-9+. The summed E-state index contributed by atoms with van der Waals surface area (Å²) >= 11 is 0. The van der Waals surface area contributed by atoms with Crippen LogP contribution in [-0.2, 0) is 9.63 Å². The van der Waals surface area contributed by atoms with Crippen LogP contribution in [0.5, 0.6) is 0 Å². The molecule has 1 aromatic carbocycles. The van der Waals surface area contributed by atoms with Crippen molar-refractivity contribution < 1.29 is 9.63 Å². The monoisotopic (exact) mass is 313 g/mol. The number of carbonyl (C=O) groups is 1. The van der Waals surface area contributed by atoms with E-state index >= 15 is 0 Å². The molecule has 0 atom stereocenters. The second kappa shape index (κ2) is 7.14. The van der Waals surface area contributed by atoms with E-state index in [9.17, 15) is 4.79 Å². The van der Waals surface area contributed by atoms with Crippen LogP contribution < -0.4 is 0 Å². The Bertz CT molecular complexity index is 569. The summed E-state index contributed by atoms with van der Waals surface area (Å²) in [5, 5.41) is 1.87. The second-order valence-electron chi connectivity index (χ2n) is 7.31. The summed E-state index contributed by atoms with van der Waals surface area (Å²) in [4.78, 5) is 17.8. The van der Waals surface area contributed by atoms with E-state index in [2.05, 4.69) is 27.7 Å². The topological polar surface area (TPSA) is 29.5 Å². The van der Waals surface area contributed by atoms with Crippen molar-refractivity contribution in [2.24, 2.45) is 0 Å². The number of piperidine rings is 1. The zero-order valence-corrected chi connectivity index (χ0v) is 14.6. The molecule has 3 heteroatoms. The first kappa shape index (κ1) is 17.5. The van der Waals surface area contributed by atoms with Gasteiger partial charge in [0, 0.05) is 6.08 Å². The average Bonchev–Trinajstić information content (AvgIpc) is 2.48. The highest BCUT2D eigenvalue weighted by molar-refractivity contribution is 5.82. The number of rotatable bonds is 4. The lowest BCUT2D eigenvalue weighted by molar-refractivity contribution is -0.261. The van der Waals surface area contributed by atoms with Crippen LogP contribution in [-0.4, -0.2) is 22.1 Å². The predicted molar refractivity (Wildman–Crippen MR) is 94.6 cm³/mol. The Balaban J connectivity index is 1.95. The van der Waals surface area contributed by atoms with E-state index in [4.69, 9.17) is 4.84 Å². The second-order valence-corrected chi connectivity index (χ2v) is 7.31. The van der Waals surface area contributed by atoms with Crippen LogP contribution in [0.1, 0.15) is 52.5 Å². The van der Waals surface area contributed by atoms with Gasteiger partial charge in [0.1, 0.15) is 0 Å². The largest absolute Gasteiger partial charge is 0.363 e. The van der Waals surface area contributed by atoms with E-state index in [1.165, 1.54) is 6.08 Å². The molecule has 0 saturated carbocycles. The summed E-state index contributed by atoms with van der Waals surface area (Å²) in [6.07, 6.45) is 10.2. The number of hydroxylamine groups is 2. The SMILES string of the molecule is CC1(C)CCCC(C)(C)N1OC(=O)/C=C/C=C/c1ccccc1. The molecule has 1 fully saturated rings. The third kappa shape index (κ3) is 4.80. The van der Waals surface area contributed by atoms with Gasteiger partial charge in [-0.2, -0.15) is 0 Å². The Morgan fingerprint density at radius 2 is 1.65 bits per heavy atom. The molecule has 3 nitrogen and oxygen atoms in total. The number of hydrogen-bond acceptors (Lipinski definition) is 3. The zero-order valence-electron chi connectivity index (χ0n) is 14.6. The normalized spacial score (nSPS) is 20.9. The van der Waals surface area contributed by atoms with E-state index < -0.39 is 0 Å². The van der Waals surface area contributed by atoms with Crippen LogP contribution in [0, 0.1) is 0 Å². The van der Waals surface area contributed by atoms with Gasteiger partial charge in [0.2, 0.25) is 0 Å². The Kier molecular flexibility index (Phi) is 5.42. The quantitative estimate of drug-likeness (QED) is 0.593. The number of carbonyl (C=O) groups excluding carboxylic acids is 1. The lowest BCUT2D eigenvalue weighted by Gasteiger charge is -2.50. The van der Waals surface area contributed by atoms with Gasteiger partial charge in [0.25, 0.3) is 0 Å². The fourth-order valence-corrected chi connectivity index (χ4v) is 3.21. The Morgan fingerprint density at radius 1 is 1.04 bits per heavy atom. The molecule has 0 aromatic heterocycles. The average molecular weight is 313 g/mol. The first-order valence-electron chi connectivity index (χ1n) is 8.23. The number of allylic oxidation sites excluding steroid dienone is 2. The van der Waals surface area contributed by atoms with Crippen molar-refractivity contribution in [3.05, 3.63) is 54.1 Å². The molecule has 1 aliphatic rings. The van der Waals surface area contributed by atoms with Crippen molar-refractivity contribution >= 4 is 12.0 Å². The van der Waals surface area contributed by atoms with Crippen molar-refractivity contribution in [3.63, 3.8) is 0 Å². The summed E-state index contributed by atoms with van der Waals surface area (Å²) < 4.78 is 0. The van der Waals surface area contributed by atoms with E-state index in [0.717, 1.165) is 24.8 Å². The molecule has 1 saturated heterocycles. The van der Waals surface area contributed by atoms with Crippen LogP contribution in [0.25, 0.3) is 6.08 Å².